The van der Waals surface area contributed by atoms with E-state index in [1.54, 1.807) is 61.1 Å². The third-order valence-corrected chi connectivity index (χ3v) is 6.34. The van der Waals surface area contributed by atoms with Gasteiger partial charge in [0.1, 0.15) is 5.56 Å². The second-order valence-electron chi connectivity index (χ2n) is 8.99. The van der Waals surface area contributed by atoms with Crippen LogP contribution in [0.4, 0.5) is 28.4 Å². The summed E-state index contributed by atoms with van der Waals surface area (Å²) in [5, 5.41) is 32.2. The first-order chi connectivity index (χ1) is 19.3. The molecule has 2 aromatic carbocycles. The summed E-state index contributed by atoms with van der Waals surface area (Å²) in [6.07, 6.45) is 11.5. The molecule has 1 aromatic heterocycles. The van der Waals surface area contributed by atoms with Crippen molar-refractivity contribution in [3.8, 4) is 0 Å². The van der Waals surface area contributed by atoms with Crippen LogP contribution in [0.3, 0.4) is 0 Å². The standard InChI is InChI=1S/C28H23N7O5/c1-33-15-12-25(24-17-22(34(37)38)7-9-26(24)33)31-21-6-8-23(27(16-21)35(39)40)28(36)32-19-4-2-18(3-5-19)30-20-10-13-29-14-11-20/h2-17,26,31H,1H3,(H,29,30)(H,32,36). The van der Waals surface area contributed by atoms with Crippen molar-refractivity contribution in [2.45, 2.75) is 6.04 Å². The number of nitrogens with zero attached hydrogens (tertiary/aromatic N) is 4. The van der Waals surface area contributed by atoms with Gasteiger partial charge in [-0.2, -0.15) is 0 Å². The summed E-state index contributed by atoms with van der Waals surface area (Å²) >= 11 is 0. The first kappa shape index (κ1) is 25.9. The molecule has 0 radical (unpaired) electrons. The number of nitro benzene ring substituents is 1. The Bertz CT molecular complexity index is 1610. The number of carbonyl (C=O) groups is 1. The molecule has 1 atom stereocenters. The van der Waals surface area contributed by atoms with Crippen molar-refractivity contribution in [2.75, 3.05) is 23.0 Å². The Morgan fingerprint density at radius 3 is 2.25 bits per heavy atom. The molecule has 5 rings (SSSR count). The van der Waals surface area contributed by atoms with Crippen LogP contribution in [0.15, 0.2) is 114 Å². The van der Waals surface area contributed by atoms with E-state index in [0.29, 0.717) is 22.6 Å². The number of allylic oxidation sites excluding steroid dienone is 2. The average molecular weight is 538 g/mol. The van der Waals surface area contributed by atoms with Gasteiger partial charge in [-0.3, -0.25) is 30.0 Å². The van der Waals surface area contributed by atoms with E-state index in [0.717, 1.165) is 11.4 Å². The van der Waals surface area contributed by atoms with Crippen LogP contribution in [-0.4, -0.2) is 38.7 Å². The predicted molar refractivity (Wildman–Crippen MR) is 151 cm³/mol. The number of carbonyl (C=O) groups excluding carboxylic acids is 1. The van der Waals surface area contributed by atoms with E-state index in [9.17, 15) is 25.0 Å². The van der Waals surface area contributed by atoms with Crippen LogP contribution in [-0.2, 0) is 0 Å². The van der Waals surface area contributed by atoms with Crippen molar-refractivity contribution in [2.24, 2.45) is 0 Å². The molecular weight excluding hydrogens is 514 g/mol. The van der Waals surface area contributed by atoms with E-state index in [4.69, 9.17) is 0 Å². The number of hydrogen-bond donors (Lipinski definition) is 3. The summed E-state index contributed by atoms with van der Waals surface area (Å²) < 4.78 is 0. The Labute approximate surface area is 228 Å². The zero-order valence-electron chi connectivity index (χ0n) is 21.1. The zero-order chi connectivity index (χ0) is 28.2. The minimum Gasteiger partial charge on any atom is -0.370 e. The maximum absolute atomic E-state index is 13.0. The van der Waals surface area contributed by atoms with Crippen molar-refractivity contribution < 1.29 is 14.6 Å². The number of nitrogens with one attached hydrogen (secondary N) is 3. The van der Waals surface area contributed by atoms with Crippen LogP contribution in [0.2, 0.25) is 0 Å². The third kappa shape index (κ3) is 5.55. The molecule has 1 unspecified atom stereocenters. The van der Waals surface area contributed by atoms with Gasteiger partial charge in [-0.15, -0.1) is 0 Å². The molecule has 200 valence electrons. The van der Waals surface area contributed by atoms with Gasteiger partial charge in [-0.25, -0.2) is 0 Å². The summed E-state index contributed by atoms with van der Waals surface area (Å²) in [4.78, 5) is 40.9. The number of nitro groups is 2. The molecule has 2 heterocycles. The molecule has 0 saturated heterocycles. The van der Waals surface area contributed by atoms with Crippen molar-refractivity contribution in [3.63, 3.8) is 0 Å². The Hall–Kier alpha value is -5.78. The van der Waals surface area contributed by atoms with E-state index < -0.39 is 15.8 Å². The molecule has 3 N–H and O–H groups in total. The highest BCUT2D eigenvalue weighted by atomic mass is 16.6. The molecule has 0 spiro atoms. The monoisotopic (exact) mass is 537 g/mol. The van der Waals surface area contributed by atoms with E-state index in [1.165, 1.54) is 24.3 Å². The van der Waals surface area contributed by atoms with Gasteiger partial charge >= 0.3 is 0 Å². The molecule has 1 amide bonds. The molecule has 1 aliphatic heterocycles. The minimum absolute atomic E-state index is 0.0616. The predicted octanol–water partition coefficient (Wildman–Crippen LogP) is 5.21. The SMILES string of the molecule is CN1C=CC(Nc2ccc(C(=O)Nc3ccc(Nc4ccncc4)cc3)c([N+](=O)[O-])c2)=C2C=C([N+](=O)[O-])C=CC21. The summed E-state index contributed by atoms with van der Waals surface area (Å²) in [6.45, 7) is 0. The van der Waals surface area contributed by atoms with Gasteiger partial charge in [0.05, 0.1) is 15.9 Å². The molecule has 2 aliphatic rings. The number of rotatable bonds is 8. The number of amides is 1. The Morgan fingerprint density at radius 1 is 0.875 bits per heavy atom. The number of likely N-dealkylation sites (N-methyl/N-ethyl adjacent to an activating group) is 1. The number of pyridine rings is 1. The highest BCUT2D eigenvalue weighted by Gasteiger charge is 2.27. The van der Waals surface area contributed by atoms with E-state index in [-0.39, 0.29) is 23.0 Å². The molecular formula is C28H23N7O5. The Kier molecular flexibility index (Phi) is 7.05. The summed E-state index contributed by atoms with van der Waals surface area (Å²) in [6, 6.07) is 14.5. The van der Waals surface area contributed by atoms with E-state index >= 15 is 0 Å². The first-order valence-corrected chi connectivity index (χ1v) is 12.1. The Balaban J connectivity index is 1.35. The highest BCUT2D eigenvalue weighted by Crippen LogP contribution is 2.31. The topological polar surface area (TPSA) is 156 Å². The van der Waals surface area contributed by atoms with Gasteiger partial charge in [0.25, 0.3) is 17.3 Å². The molecule has 0 bridgehead atoms. The van der Waals surface area contributed by atoms with Crippen LogP contribution in [0.1, 0.15) is 10.4 Å². The van der Waals surface area contributed by atoms with Crippen LogP contribution >= 0.6 is 0 Å². The molecule has 3 aromatic rings. The molecule has 12 nitrogen and oxygen atoms in total. The van der Waals surface area contributed by atoms with Crippen molar-refractivity contribution >= 4 is 34.3 Å². The number of benzene rings is 2. The smallest absolute Gasteiger partial charge is 0.284 e. The quantitative estimate of drug-likeness (QED) is 0.259. The molecule has 12 heteroatoms. The zero-order valence-corrected chi connectivity index (χ0v) is 21.1. The van der Waals surface area contributed by atoms with Crippen molar-refractivity contribution in [1.29, 1.82) is 0 Å². The van der Waals surface area contributed by atoms with Crippen LogP contribution in [0.5, 0.6) is 0 Å². The second kappa shape index (κ2) is 10.9. The molecule has 1 aliphatic carbocycles. The first-order valence-electron chi connectivity index (χ1n) is 12.1. The van der Waals surface area contributed by atoms with Crippen LogP contribution in [0.25, 0.3) is 0 Å². The van der Waals surface area contributed by atoms with Gasteiger partial charge in [0.15, 0.2) is 0 Å². The fourth-order valence-electron chi connectivity index (χ4n) is 4.33. The fraction of sp³-hybridized carbons (Fsp3) is 0.0714. The maximum atomic E-state index is 13.0. The van der Waals surface area contributed by atoms with E-state index in [2.05, 4.69) is 20.9 Å². The van der Waals surface area contributed by atoms with Crippen LogP contribution in [0, 0.1) is 20.2 Å². The lowest BCUT2D eigenvalue weighted by molar-refractivity contribution is -0.419. The summed E-state index contributed by atoms with van der Waals surface area (Å²) in [7, 11) is 1.84. The van der Waals surface area contributed by atoms with Gasteiger partial charge < -0.3 is 20.9 Å². The van der Waals surface area contributed by atoms with Gasteiger partial charge in [0, 0.05) is 77.9 Å². The van der Waals surface area contributed by atoms with Gasteiger partial charge in [-0.1, -0.05) is 6.08 Å². The van der Waals surface area contributed by atoms with Gasteiger partial charge in [-0.05, 0) is 54.6 Å². The number of fused-ring (bicyclic) bond motifs is 1. The summed E-state index contributed by atoms with van der Waals surface area (Å²) in [5.41, 5.74) is 3.11. The number of aromatic nitrogens is 1. The summed E-state index contributed by atoms with van der Waals surface area (Å²) in [5.74, 6) is -0.634. The van der Waals surface area contributed by atoms with Crippen molar-refractivity contribution in [3.05, 3.63) is 140 Å². The molecule has 40 heavy (non-hydrogen) atoms. The fourth-order valence-corrected chi connectivity index (χ4v) is 4.33. The number of hydrogen-bond acceptors (Lipinski definition) is 9. The molecule has 0 saturated carbocycles. The Morgan fingerprint density at radius 2 is 1.55 bits per heavy atom. The highest BCUT2D eigenvalue weighted by molar-refractivity contribution is 6.07. The maximum Gasteiger partial charge on any atom is 0.284 e. The lowest BCUT2D eigenvalue weighted by atomic mass is 9.94. The van der Waals surface area contributed by atoms with Gasteiger partial charge in [0.2, 0.25) is 0 Å². The average Bonchev–Trinajstić information content (AvgIpc) is 2.96. The second-order valence-corrected chi connectivity index (χ2v) is 8.99. The van der Waals surface area contributed by atoms with Crippen molar-refractivity contribution in [1.82, 2.24) is 9.88 Å². The van der Waals surface area contributed by atoms with E-state index in [1.807, 2.05) is 24.1 Å². The lowest BCUT2D eigenvalue weighted by Crippen LogP contribution is -2.32. The van der Waals surface area contributed by atoms with Crippen LogP contribution < -0.4 is 16.0 Å². The third-order valence-electron chi connectivity index (χ3n) is 6.34. The normalized spacial score (nSPS) is 15.7. The number of anilines is 4. The lowest BCUT2D eigenvalue weighted by Gasteiger charge is -2.32. The minimum atomic E-state index is -0.634. The molecule has 0 fully saturated rings. The largest absolute Gasteiger partial charge is 0.370 e.